The number of fused-ring (bicyclic) bond motifs is 5. The van der Waals surface area contributed by atoms with Gasteiger partial charge in [-0.3, -0.25) is 9.59 Å². The van der Waals surface area contributed by atoms with E-state index in [1.54, 1.807) is 19.1 Å². The molecule has 0 saturated carbocycles. The van der Waals surface area contributed by atoms with E-state index >= 15 is 0 Å². The number of aromatic nitrogens is 2. The molecule has 1 unspecified atom stereocenters. The van der Waals surface area contributed by atoms with E-state index in [-0.39, 0.29) is 36.4 Å². The second kappa shape index (κ2) is 5.74. The van der Waals surface area contributed by atoms with Gasteiger partial charge in [-0.25, -0.2) is 9.78 Å². The van der Waals surface area contributed by atoms with Gasteiger partial charge in [0.15, 0.2) is 11.9 Å². The van der Waals surface area contributed by atoms with Crippen molar-refractivity contribution < 1.29 is 24.5 Å². The molecule has 29 heavy (non-hydrogen) atoms. The van der Waals surface area contributed by atoms with Crippen molar-refractivity contribution in [2.75, 3.05) is 0 Å². The van der Waals surface area contributed by atoms with Gasteiger partial charge in [0.25, 0.3) is 5.56 Å². The van der Waals surface area contributed by atoms with Gasteiger partial charge in [0.05, 0.1) is 29.0 Å². The number of pyridine rings is 2. The number of ether oxygens (including phenoxy) is 1. The molecule has 1 aromatic carbocycles. The highest BCUT2D eigenvalue weighted by Crippen LogP contribution is 2.40. The molecule has 0 bridgehead atoms. The Morgan fingerprint density at radius 3 is 2.79 bits per heavy atom. The predicted octanol–water partition coefficient (Wildman–Crippen LogP) is 1.60. The van der Waals surface area contributed by atoms with E-state index in [0.29, 0.717) is 39.7 Å². The number of cyclic esters (lactones) is 1. The number of aromatic hydroxyl groups is 1. The number of benzene rings is 1. The topological polar surface area (TPSA) is 119 Å². The van der Waals surface area contributed by atoms with Crippen molar-refractivity contribution in [3.8, 4) is 17.1 Å². The largest absolute Gasteiger partial charge is 0.508 e. The van der Waals surface area contributed by atoms with E-state index in [0.717, 1.165) is 0 Å². The molecule has 146 valence electrons. The fourth-order valence-electron chi connectivity index (χ4n) is 4.23. The Morgan fingerprint density at radius 2 is 2.07 bits per heavy atom. The third-order valence-electron chi connectivity index (χ3n) is 5.83. The van der Waals surface area contributed by atoms with Crippen LogP contribution in [0, 0.1) is 0 Å². The maximum absolute atomic E-state index is 13.1. The van der Waals surface area contributed by atoms with Crippen molar-refractivity contribution in [1.29, 1.82) is 0 Å². The Kier molecular flexibility index (Phi) is 3.48. The van der Waals surface area contributed by atoms with Gasteiger partial charge in [-0.05, 0) is 30.7 Å². The van der Waals surface area contributed by atoms with Gasteiger partial charge in [0.2, 0.25) is 0 Å². The normalized spacial score (nSPS) is 19.4. The van der Waals surface area contributed by atoms with Crippen LogP contribution >= 0.6 is 0 Å². The van der Waals surface area contributed by atoms with E-state index in [1.165, 1.54) is 16.7 Å². The zero-order chi connectivity index (χ0) is 20.5. The van der Waals surface area contributed by atoms with E-state index in [4.69, 9.17) is 4.74 Å². The number of phenols is 1. The van der Waals surface area contributed by atoms with Gasteiger partial charge in [0.1, 0.15) is 12.4 Å². The summed E-state index contributed by atoms with van der Waals surface area (Å²) in [6.45, 7) is 1.55. The zero-order valence-electron chi connectivity index (χ0n) is 15.4. The standard InChI is InChI=1S/C21H16N2O6/c1-2-21(28)15-6-17-18-12(7-23(17)19(26)14(15)9-29-20(21)27)13(8-24)11-5-10(25)3-4-16(11)22-18/h3-6,8,25,28H,2,7,9H2,1H3. The first-order valence-electron chi connectivity index (χ1n) is 9.17. The number of esters is 1. The third-order valence-corrected chi connectivity index (χ3v) is 5.83. The molecule has 0 saturated heterocycles. The summed E-state index contributed by atoms with van der Waals surface area (Å²) in [5, 5.41) is 21.2. The Morgan fingerprint density at radius 1 is 1.28 bits per heavy atom. The summed E-state index contributed by atoms with van der Waals surface area (Å²) in [6.07, 6.45) is 0.743. The molecular formula is C21H16N2O6. The average Bonchev–Trinajstić information content (AvgIpc) is 3.08. The Bertz CT molecular complexity index is 1310. The van der Waals surface area contributed by atoms with Crippen LogP contribution < -0.4 is 5.56 Å². The summed E-state index contributed by atoms with van der Waals surface area (Å²) in [4.78, 5) is 41.8. The monoisotopic (exact) mass is 392 g/mol. The number of hydrogen-bond donors (Lipinski definition) is 2. The molecule has 0 radical (unpaired) electrons. The van der Waals surface area contributed by atoms with Crippen LogP contribution in [0.2, 0.25) is 0 Å². The summed E-state index contributed by atoms with van der Waals surface area (Å²) < 4.78 is 6.52. The molecule has 2 aromatic heterocycles. The van der Waals surface area contributed by atoms with Crippen molar-refractivity contribution in [2.24, 2.45) is 0 Å². The number of aliphatic hydroxyl groups is 1. The molecule has 2 aliphatic heterocycles. The van der Waals surface area contributed by atoms with E-state index in [9.17, 15) is 24.6 Å². The minimum Gasteiger partial charge on any atom is -0.508 e. The van der Waals surface area contributed by atoms with Gasteiger partial charge in [-0.15, -0.1) is 0 Å². The molecule has 8 heteroatoms. The van der Waals surface area contributed by atoms with Crippen LogP contribution in [-0.4, -0.2) is 32.0 Å². The minimum absolute atomic E-state index is 0.00848. The van der Waals surface area contributed by atoms with Crippen LogP contribution in [0.4, 0.5) is 0 Å². The molecule has 3 aromatic rings. The molecule has 5 rings (SSSR count). The Labute approximate surface area is 164 Å². The summed E-state index contributed by atoms with van der Waals surface area (Å²) >= 11 is 0. The van der Waals surface area contributed by atoms with Gasteiger partial charge in [0, 0.05) is 22.1 Å². The predicted molar refractivity (Wildman–Crippen MR) is 102 cm³/mol. The van der Waals surface area contributed by atoms with E-state index in [1.807, 2.05) is 0 Å². The minimum atomic E-state index is -1.90. The fourth-order valence-corrected chi connectivity index (χ4v) is 4.23. The molecule has 8 nitrogen and oxygen atoms in total. The SMILES string of the molecule is CCC1(O)C(=O)OCc2c1cc1n(c2=O)Cc2c-1nc1ccc(O)cc1c2C=O. The molecule has 1 atom stereocenters. The Hall–Kier alpha value is -3.52. The second-order valence-electron chi connectivity index (χ2n) is 7.28. The molecule has 0 fully saturated rings. The van der Waals surface area contributed by atoms with E-state index < -0.39 is 17.1 Å². The fraction of sp³-hybridized carbons (Fsp3) is 0.238. The summed E-state index contributed by atoms with van der Waals surface area (Å²) in [7, 11) is 0. The van der Waals surface area contributed by atoms with Crippen LogP contribution in [0.5, 0.6) is 5.75 Å². The molecular weight excluding hydrogens is 376 g/mol. The number of hydrogen-bond acceptors (Lipinski definition) is 7. The zero-order valence-corrected chi connectivity index (χ0v) is 15.4. The van der Waals surface area contributed by atoms with Crippen LogP contribution in [-0.2, 0) is 28.3 Å². The number of carbonyl (C=O) groups excluding carboxylic acids is 2. The molecule has 2 N–H and O–H groups in total. The van der Waals surface area contributed by atoms with E-state index in [2.05, 4.69) is 4.98 Å². The average molecular weight is 392 g/mol. The van der Waals surface area contributed by atoms with Crippen molar-refractivity contribution >= 4 is 23.2 Å². The lowest BCUT2D eigenvalue weighted by atomic mass is 9.86. The Balaban J connectivity index is 1.85. The maximum atomic E-state index is 13.1. The van der Waals surface area contributed by atoms with Gasteiger partial charge >= 0.3 is 5.97 Å². The lowest BCUT2D eigenvalue weighted by Gasteiger charge is -2.31. The summed E-state index contributed by atoms with van der Waals surface area (Å²) in [5.41, 5.74) is 0.434. The highest BCUT2D eigenvalue weighted by molar-refractivity contribution is 6.01. The highest BCUT2D eigenvalue weighted by atomic mass is 16.6. The molecule has 0 spiro atoms. The highest BCUT2D eigenvalue weighted by Gasteiger charge is 2.45. The van der Waals surface area contributed by atoms with Crippen LogP contribution in [0.3, 0.4) is 0 Å². The molecule has 4 heterocycles. The van der Waals surface area contributed by atoms with Gasteiger partial charge < -0.3 is 19.5 Å². The first kappa shape index (κ1) is 17.6. The van der Waals surface area contributed by atoms with Crippen LogP contribution in [0.15, 0.2) is 29.1 Å². The smallest absolute Gasteiger partial charge is 0.343 e. The number of carbonyl (C=O) groups is 2. The quantitative estimate of drug-likeness (QED) is 0.393. The maximum Gasteiger partial charge on any atom is 0.343 e. The second-order valence-corrected chi connectivity index (χ2v) is 7.28. The lowest BCUT2D eigenvalue weighted by Crippen LogP contribution is -2.44. The molecule has 0 aliphatic carbocycles. The number of aldehydes is 1. The first-order chi connectivity index (χ1) is 13.9. The van der Waals surface area contributed by atoms with Crippen molar-refractivity contribution in [3.63, 3.8) is 0 Å². The number of rotatable bonds is 2. The first-order valence-corrected chi connectivity index (χ1v) is 9.17. The number of nitrogens with zero attached hydrogens (tertiary/aromatic N) is 2. The summed E-state index contributed by atoms with van der Waals surface area (Å²) in [6, 6.07) is 6.12. The lowest BCUT2D eigenvalue weighted by molar-refractivity contribution is -0.172. The van der Waals surface area contributed by atoms with Gasteiger partial charge in [-0.1, -0.05) is 6.92 Å². The van der Waals surface area contributed by atoms with Crippen LogP contribution in [0.25, 0.3) is 22.3 Å². The van der Waals surface area contributed by atoms with Gasteiger partial charge in [-0.2, -0.15) is 0 Å². The van der Waals surface area contributed by atoms with Crippen molar-refractivity contribution in [1.82, 2.24) is 9.55 Å². The molecule has 0 amide bonds. The molecule has 2 aliphatic rings. The van der Waals surface area contributed by atoms with Crippen molar-refractivity contribution in [3.05, 3.63) is 56.9 Å². The van der Waals surface area contributed by atoms with Crippen molar-refractivity contribution in [2.45, 2.75) is 32.1 Å². The number of phenolic OH excluding ortho intramolecular Hbond substituents is 1. The van der Waals surface area contributed by atoms with Crippen LogP contribution in [0.1, 0.15) is 40.4 Å². The summed E-state index contributed by atoms with van der Waals surface area (Å²) in [5.74, 6) is -0.778. The third kappa shape index (κ3) is 2.17.